The average molecular weight is 348 g/mol. The van der Waals surface area contributed by atoms with Crippen LogP contribution in [0.5, 0.6) is 0 Å². The Morgan fingerprint density at radius 2 is 1.95 bits per heavy atom. The van der Waals surface area contributed by atoms with Gasteiger partial charge < -0.3 is 0 Å². The van der Waals surface area contributed by atoms with Crippen molar-refractivity contribution < 1.29 is 14.0 Å². The largest absolute Gasteiger partial charge is 0.299 e. The molecule has 1 aliphatic heterocycles. The fourth-order valence-electron chi connectivity index (χ4n) is 2.44. The Kier molecular flexibility index (Phi) is 3.37. The number of para-hydroxylation sites is 1. The number of nitrogens with zero attached hydrogens (tertiary/aromatic N) is 1. The van der Waals surface area contributed by atoms with Gasteiger partial charge in [-0.2, -0.15) is 0 Å². The lowest BCUT2D eigenvalue weighted by molar-refractivity contribution is -0.114. The molecule has 0 fully saturated rings. The molecule has 0 bridgehead atoms. The second-order valence-electron chi connectivity index (χ2n) is 4.93. The summed E-state index contributed by atoms with van der Waals surface area (Å²) in [6, 6.07) is 9.54. The molecular formula is C16H11BrFNO2. The lowest BCUT2D eigenvalue weighted by Crippen LogP contribution is -2.29. The Morgan fingerprint density at radius 1 is 1.19 bits per heavy atom. The summed E-state index contributed by atoms with van der Waals surface area (Å²) in [7, 11) is 0. The van der Waals surface area contributed by atoms with Crippen molar-refractivity contribution in [2.24, 2.45) is 0 Å². The number of halogens is 2. The molecule has 1 aliphatic rings. The second kappa shape index (κ2) is 5.07. The summed E-state index contributed by atoms with van der Waals surface area (Å²) in [5.74, 6) is -1.47. The molecule has 0 aromatic heterocycles. The predicted molar refractivity (Wildman–Crippen MR) is 80.8 cm³/mol. The zero-order valence-electron chi connectivity index (χ0n) is 11.2. The highest BCUT2D eigenvalue weighted by Crippen LogP contribution is 2.37. The van der Waals surface area contributed by atoms with E-state index >= 15 is 0 Å². The van der Waals surface area contributed by atoms with Gasteiger partial charge in [0.2, 0.25) is 0 Å². The average Bonchev–Trinajstić information content (AvgIpc) is 2.69. The molecule has 1 heterocycles. The fourth-order valence-corrected chi connectivity index (χ4v) is 3.02. The van der Waals surface area contributed by atoms with Crippen molar-refractivity contribution in [2.75, 3.05) is 4.90 Å². The van der Waals surface area contributed by atoms with E-state index < -0.39 is 11.7 Å². The molecule has 21 heavy (non-hydrogen) atoms. The molecule has 3 nitrogen and oxygen atoms in total. The van der Waals surface area contributed by atoms with Gasteiger partial charge in [0.05, 0.1) is 17.8 Å². The molecule has 0 aliphatic carbocycles. The minimum Gasteiger partial charge on any atom is -0.299 e. The van der Waals surface area contributed by atoms with Crippen molar-refractivity contribution in [1.29, 1.82) is 0 Å². The number of Topliss-reactive ketones (excluding diaryl/α,β-unsaturated/α-hetero) is 1. The number of anilines is 1. The van der Waals surface area contributed by atoms with Crippen LogP contribution in [0.4, 0.5) is 10.1 Å². The monoisotopic (exact) mass is 347 g/mol. The summed E-state index contributed by atoms with van der Waals surface area (Å²) in [4.78, 5) is 25.6. The predicted octanol–water partition coefficient (Wildman–Crippen LogP) is 3.63. The van der Waals surface area contributed by atoms with Crippen molar-refractivity contribution in [3.05, 3.63) is 63.4 Å². The van der Waals surface area contributed by atoms with Gasteiger partial charge in [0, 0.05) is 4.47 Å². The smallest absolute Gasteiger partial charge is 0.299 e. The van der Waals surface area contributed by atoms with Crippen LogP contribution in [0.1, 0.15) is 21.5 Å². The molecule has 2 aromatic rings. The van der Waals surface area contributed by atoms with Crippen LogP contribution in [-0.2, 0) is 11.3 Å². The van der Waals surface area contributed by atoms with Gasteiger partial charge in [0.25, 0.3) is 11.7 Å². The maximum absolute atomic E-state index is 13.4. The number of fused-ring (bicyclic) bond motifs is 1. The maximum atomic E-state index is 13.4. The number of rotatable bonds is 2. The lowest BCUT2D eigenvalue weighted by Gasteiger charge is -2.19. The normalized spacial score (nSPS) is 13.8. The Bertz CT molecular complexity index is 773. The zero-order valence-corrected chi connectivity index (χ0v) is 12.8. The number of hydrogen-bond donors (Lipinski definition) is 0. The van der Waals surface area contributed by atoms with Crippen LogP contribution in [0.3, 0.4) is 0 Å². The van der Waals surface area contributed by atoms with Crippen LogP contribution in [-0.4, -0.2) is 11.7 Å². The molecule has 2 aromatic carbocycles. The highest BCUT2D eigenvalue weighted by molar-refractivity contribution is 9.10. The van der Waals surface area contributed by atoms with E-state index in [0.29, 0.717) is 21.3 Å². The van der Waals surface area contributed by atoms with Gasteiger partial charge in [0.15, 0.2) is 0 Å². The Morgan fingerprint density at radius 3 is 2.71 bits per heavy atom. The molecule has 0 spiro atoms. The molecule has 0 unspecified atom stereocenters. The first kappa shape index (κ1) is 13.9. The first-order valence-corrected chi connectivity index (χ1v) is 7.18. The Hall–Kier alpha value is -2.01. The number of benzene rings is 2. The van der Waals surface area contributed by atoms with Crippen LogP contribution < -0.4 is 4.90 Å². The third-order valence-electron chi connectivity index (χ3n) is 3.58. The number of amides is 1. The molecule has 0 N–H and O–H groups in total. The van der Waals surface area contributed by atoms with Crippen molar-refractivity contribution in [1.82, 2.24) is 0 Å². The first-order chi connectivity index (χ1) is 9.99. The van der Waals surface area contributed by atoms with E-state index in [1.54, 1.807) is 24.3 Å². The van der Waals surface area contributed by atoms with Crippen molar-refractivity contribution >= 4 is 33.3 Å². The van der Waals surface area contributed by atoms with Gasteiger partial charge in [-0.1, -0.05) is 12.1 Å². The standard InChI is InChI=1S/C16H11BrFNO2/c1-9-5-6-11(18)7-10(9)8-19-14-12(15(20)16(19)21)3-2-4-13(14)17/h2-7H,8H2,1H3. The zero-order chi connectivity index (χ0) is 15.1. The molecule has 3 rings (SSSR count). The SMILES string of the molecule is Cc1ccc(F)cc1CN1C(=O)C(=O)c2cccc(Br)c21. The van der Waals surface area contributed by atoms with Crippen LogP contribution in [0.25, 0.3) is 0 Å². The van der Waals surface area contributed by atoms with E-state index in [4.69, 9.17) is 0 Å². The number of aryl methyl sites for hydroxylation is 1. The van der Waals surface area contributed by atoms with Crippen molar-refractivity contribution in [2.45, 2.75) is 13.5 Å². The fraction of sp³-hybridized carbons (Fsp3) is 0.125. The number of ketones is 1. The number of hydrogen-bond acceptors (Lipinski definition) is 2. The Balaban J connectivity index is 2.06. The third kappa shape index (κ3) is 2.27. The molecule has 0 atom stereocenters. The number of carbonyl (C=O) groups excluding carboxylic acids is 2. The summed E-state index contributed by atoms with van der Waals surface area (Å²) in [6.45, 7) is 2.02. The van der Waals surface area contributed by atoms with Crippen molar-refractivity contribution in [3.8, 4) is 0 Å². The molecule has 106 valence electrons. The van der Waals surface area contributed by atoms with Gasteiger partial charge in [-0.05, 0) is 58.2 Å². The highest BCUT2D eigenvalue weighted by atomic mass is 79.9. The summed E-state index contributed by atoms with van der Waals surface area (Å²) >= 11 is 3.37. The summed E-state index contributed by atoms with van der Waals surface area (Å²) < 4.78 is 14.1. The van der Waals surface area contributed by atoms with Crippen LogP contribution in [0, 0.1) is 12.7 Å². The minimum atomic E-state index is -0.583. The third-order valence-corrected chi connectivity index (χ3v) is 4.22. The van der Waals surface area contributed by atoms with E-state index in [2.05, 4.69) is 15.9 Å². The van der Waals surface area contributed by atoms with Crippen molar-refractivity contribution in [3.63, 3.8) is 0 Å². The van der Waals surface area contributed by atoms with Gasteiger partial charge in [-0.15, -0.1) is 0 Å². The van der Waals surface area contributed by atoms with E-state index in [-0.39, 0.29) is 12.4 Å². The second-order valence-corrected chi connectivity index (χ2v) is 5.78. The van der Waals surface area contributed by atoms with E-state index in [1.165, 1.54) is 17.0 Å². The summed E-state index contributed by atoms with van der Waals surface area (Å²) in [5, 5.41) is 0. The van der Waals surface area contributed by atoms with E-state index in [0.717, 1.165) is 5.56 Å². The maximum Gasteiger partial charge on any atom is 0.299 e. The Labute approximate surface area is 129 Å². The molecule has 0 saturated heterocycles. The number of carbonyl (C=O) groups is 2. The molecular weight excluding hydrogens is 337 g/mol. The minimum absolute atomic E-state index is 0.170. The summed E-state index contributed by atoms with van der Waals surface area (Å²) in [5.41, 5.74) is 2.48. The molecule has 0 radical (unpaired) electrons. The van der Waals surface area contributed by atoms with E-state index in [9.17, 15) is 14.0 Å². The summed E-state index contributed by atoms with van der Waals surface area (Å²) in [6.07, 6.45) is 0. The van der Waals surface area contributed by atoms with Gasteiger partial charge >= 0.3 is 0 Å². The van der Waals surface area contributed by atoms with Gasteiger partial charge in [-0.25, -0.2) is 4.39 Å². The van der Waals surface area contributed by atoms with Gasteiger partial charge in [-0.3, -0.25) is 14.5 Å². The van der Waals surface area contributed by atoms with Crippen LogP contribution in [0.15, 0.2) is 40.9 Å². The first-order valence-electron chi connectivity index (χ1n) is 6.39. The molecule has 1 amide bonds. The quantitative estimate of drug-likeness (QED) is 0.778. The van der Waals surface area contributed by atoms with E-state index in [1.807, 2.05) is 6.92 Å². The van der Waals surface area contributed by atoms with Crippen LogP contribution >= 0.6 is 15.9 Å². The molecule has 0 saturated carbocycles. The highest BCUT2D eigenvalue weighted by Gasteiger charge is 2.37. The molecule has 5 heteroatoms. The topological polar surface area (TPSA) is 37.4 Å². The van der Waals surface area contributed by atoms with Crippen LogP contribution in [0.2, 0.25) is 0 Å². The van der Waals surface area contributed by atoms with Gasteiger partial charge in [0.1, 0.15) is 5.82 Å². The lowest BCUT2D eigenvalue weighted by atomic mass is 10.1.